The fourth-order valence-electron chi connectivity index (χ4n) is 7.56. The van der Waals surface area contributed by atoms with Crippen LogP contribution in [0.3, 0.4) is 0 Å². The van der Waals surface area contributed by atoms with Crippen molar-refractivity contribution in [2.75, 3.05) is 37.8 Å². The van der Waals surface area contributed by atoms with Gasteiger partial charge in [0.15, 0.2) is 0 Å². The maximum atomic E-state index is 13.9. The van der Waals surface area contributed by atoms with Gasteiger partial charge in [0.1, 0.15) is 24.2 Å². The van der Waals surface area contributed by atoms with Gasteiger partial charge < -0.3 is 30.2 Å². The zero-order chi connectivity index (χ0) is 39.9. The Kier molecular flexibility index (Phi) is 12.3. The van der Waals surface area contributed by atoms with Gasteiger partial charge in [-0.15, -0.1) is 0 Å². The highest BCUT2D eigenvalue weighted by Crippen LogP contribution is 2.31. The molecule has 2 saturated heterocycles. The molecule has 6 rings (SSSR count). The second-order valence-corrected chi connectivity index (χ2v) is 14.4. The second kappa shape index (κ2) is 17.4. The standard InChI is InChI=1S/C44H48N6O6/c1-29(51)47(3)39(33-13-7-5-8-14-33)43(55)49-27-11-17-37(49)41(53)45-35-23-19-31(20-24-35)32-21-25-36(26-22-32)46-42(54)38-18-12-28-50(38)44(56)40(48(4)30(2)52)34-15-9-6-10-16-34/h5-10,13-16,19-26,37-40H,11-12,17-18,27-28H2,1-4H3,(H,45,53)(H,46,54)/t37-,38-,39?,40?/m0/s1. The number of likely N-dealkylation sites (tertiary alicyclic amines) is 2. The van der Waals surface area contributed by atoms with Gasteiger partial charge in [0, 0.05) is 52.4 Å². The van der Waals surface area contributed by atoms with Gasteiger partial charge in [-0.3, -0.25) is 28.8 Å². The number of amides is 6. The Labute approximate surface area is 327 Å². The normalized spacial score (nSPS) is 17.4. The van der Waals surface area contributed by atoms with Crippen LogP contribution in [-0.4, -0.2) is 94.3 Å². The van der Waals surface area contributed by atoms with Gasteiger partial charge in [0.25, 0.3) is 11.8 Å². The Bertz CT molecular complexity index is 1910. The third-order valence-corrected chi connectivity index (χ3v) is 10.8. The number of benzene rings is 4. The van der Waals surface area contributed by atoms with E-state index in [2.05, 4.69) is 10.6 Å². The predicted octanol–water partition coefficient (Wildman–Crippen LogP) is 5.65. The Balaban J connectivity index is 1.07. The molecule has 4 aromatic carbocycles. The number of likely N-dealkylation sites (N-methyl/N-ethyl adjacent to an activating group) is 2. The van der Waals surface area contributed by atoms with E-state index in [9.17, 15) is 28.8 Å². The van der Waals surface area contributed by atoms with Gasteiger partial charge in [0.2, 0.25) is 23.6 Å². The Morgan fingerprint density at radius 2 is 0.875 bits per heavy atom. The van der Waals surface area contributed by atoms with Gasteiger partial charge in [0.05, 0.1) is 0 Å². The molecule has 0 spiro atoms. The van der Waals surface area contributed by atoms with Crippen LogP contribution in [0.4, 0.5) is 11.4 Å². The van der Waals surface area contributed by atoms with Crippen LogP contribution in [0.5, 0.6) is 0 Å². The molecule has 2 heterocycles. The zero-order valence-electron chi connectivity index (χ0n) is 32.2. The lowest BCUT2D eigenvalue weighted by Crippen LogP contribution is -2.48. The highest BCUT2D eigenvalue weighted by molar-refractivity contribution is 6.00. The summed E-state index contributed by atoms with van der Waals surface area (Å²) >= 11 is 0. The molecule has 2 aliphatic rings. The molecule has 56 heavy (non-hydrogen) atoms. The number of nitrogens with one attached hydrogen (secondary N) is 2. The molecule has 2 unspecified atom stereocenters. The molecular weight excluding hydrogens is 709 g/mol. The smallest absolute Gasteiger partial charge is 0.250 e. The highest BCUT2D eigenvalue weighted by Gasteiger charge is 2.41. The molecule has 0 bridgehead atoms. The van der Waals surface area contributed by atoms with E-state index in [1.807, 2.05) is 84.9 Å². The Morgan fingerprint density at radius 3 is 1.20 bits per heavy atom. The van der Waals surface area contributed by atoms with Crippen molar-refractivity contribution in [1.29, 1.82) is 0 Å². The van der Waals surface area contributed by atoms with Crippen molar-refractivity contribution in [2.45, 2.75) is 63.7 Å². The maximum absolute atomic E-state index is 13.9. The van der Waals surface area contributed by atoms with E-state index in [0.29, 0.717) is 61.3 Å². The predicted molar refractivity (Wildman–Crippen MR) is 214 cm³/mol. The fourth-order valence-corrected chi connectivity index (χ4v) is 7.56. The molecule has 2 fully saturated rings. The van der Waals surface area contributed by atoms with Crippen LogP contribution in [0.2, 0.25) is 0 Å². The van der Waals surface area contributed by atoms with E-state index in [1.165, 1.54) is 23.6 Å². The van der Waals surface area contributed by atoms with Crippen molar-refractivity contribution < 1.29 is 28.8 Å². The number of rotatable bonds is 11. The van der Waals surface area contributed by atoms with Gasteiger partial charge in [-0.25, -0.2) is 0 Å². The summed E-state index contributed by atoms with van der Waals surface area (Å²) in [6.07, 6.45) is 2.39. The van der Waals surface area contributed by atoms with E-state index in [-0.39, 0.29) is 35.4 Å². The minimum absolute atomic E-state index is 0.246. The van der Waals surface area contributed by atoms with Crippen LogP contribution < -0.4 is 10.6 Å². The topological polar surface area (TPSA) is 139 Å². The van der Waals surface area contributed by atoms with Gasteiger partial charge in [-0.05, 0) is 72.2 Å². The van der Waals surface area contributed by atoms with Crippen molar-refractivity contribution in [1.82, 2.24) is 19.6 Å². The van der Waals surface area contributed by atoms with Crippen LogP contribution >= 0.6 is 0 Å². The average Bonchev–Trinajstić information content (AvgIpc) is 3.91. The first-order valence-corrected chi connectivity index (χ1v) is 18.9. The molecule has 2 aliphatic heterocycles. The lowest BCUT2D eigenvalue weighted by atomic mass is 10.0. The summed E-state index contributed by atoms with van der Waals surface area (Å²) in [7, 11) is 3.20. The van der Waals surface area contributed by atoms with E-state index in [4.69, 9.17) is 0 Å². The van der Waals surface area contributed by atoms with E-state index in [0.717, 1.165) is 11.1 Å². The van der Waals surface area contributed by atoms with Crippen molar-refractivity contribution >= 4 is 46.8 Å². The van der Waals surface area contributed by atoms with Crippen molar-refractivity contribution in [3.8, 4) is 11.1 Å². The summed E-state index contributed by atoms with van der Waals surface area (Å²) in [5.41, 5.74) is 4.33. The van der Waals surface area contributed by atoms with E-state index in [1.54, 1.807) is 48.2 Å². The number of anilines is 2. The first-order valence-electron chi connectivity index (χ1n) is 18.9. The van der Waals surface area contributed by atoms with Crippen LogP contribution in [0.1, 0.15) is 62.7 Å². The fraction of sp³-hybridized carbons (Fsp3) is 0.318. The number of hydrogen-bond acceptors (Lipinski definition) is 6. The number of carbonyl (C=O) groups excluding carboxylic acids is 6. The van der Waals surface area contributed by atoms with Crippen molar-refractivity contribution in [3.63, 3.8) is 0 Å². The number of hydrogen-bond donors (Lipinski definition) is 2. The highest BCUT2D eigenvalue weighted by atomic mass is 16.2. The molecule has 4 aromatic rings. The molecule has 0 aliphatic carbocycles. The molecule has 0 aromatic heterocycles. The summed E-state index contributed by atoms with van der Waals surface area (Å²) in [6, 6.07) is 30.0. The summed E-state index contributed by atoms with van der Waals surface area (Å²) in [4.78, 5) is 85.4. The molecule has 4 atom stereocenters. The summed E-state index contributed by atoms with van der Waals surface area (Å²) in [5.74, 6) is -1.64. The molecule has 6 amide bonds. The molecule has 0 saturated carbocycles. The lowest BCUT2D eigenvalue weighted by Gasteiger charge is -2.33. The van der Waals surface area contributed by atoms with Crippen molar-refractivity contribution in [2.24, 2.45) is 0 Å². The minimum atomic E-state index is -0.832. The second-order valence-electron chi connectivity index (χ2n) is 14.4. The Morgan fingerprint density at radius 1 is 0.536 bits per heavy atom. The van der Waals surface area contributed by atoms with Crippen LogP contribution in [0.25, 0.3) is 11.1 Å². The van der Waals surface area contributed by atoms with Gasteiger partial charge in [-0.2, -0.15) is 0 Å². The molecule has 12 nitrogen and oxygen atoms in total. The third-order valence-electron chi connectivity index (χ3n) is 10.8. The van der Waals surface area contributed by atoms with Crippen LogP contribution in [0, 0.1) is 0 Å². The zero-order valence-corrected chi connectivity index (χ0v) is 32.2. The molecule has 2 N–H and O–H groups in total. The number of nitrogens with zero attached hydrogens (tertiary/aromatic N) is 4. The largest absolute Gasteiger partial charge is 0.330 e. The van der Waals surface area contributed by atoms with Gasteiger partial charge >= 0.3 is 0 Å². The molecule has 0 radical (unpaired) electrons. The lowest BCUT2D eigenvalue weighted by molar-refractivity contribution is -0.146. The first kappa shape index (κ1) is 39.4. The maximum Gasteiger partial charge on any atom is 0.250 e. The van der Waals surface area contributed by atoms with E-state index >= 15 is 0 Å². The van der Waals surface area contributed by atoms with Crippen molar-refractivity contribution in [3.05, 3.63) is 120 Å². The van der Waals surface area contributed by atoms with Gasteiger partial charge in [-0.1, -0.05) is 84.9 Å². The van der Waals surface area contributed by atoms with E-state index < -0.39 is 24.2 Å². The quantitative estimate of drug-likeness (QED) is 0.203. The SMILES string of the molecule is CC(=O)N(C)C(C(=O)N1CCC[C@H]1C(=O)Nc1ccc(-c2ccc(NC(=O)[C@@H]3CCCN3C(=O)C(c3ccccc3)N(C)C(C)=O)cc2)cc1)c1ccccc1. The third kappa shape index (κ3) is 8.64. The molecular formula is C44H48N6O6. The number of carbonyl (C=O) groups is 6. The Hall–Kier alpha value is -6.30. The first-order chi connectivity index (χ1) is 26.9. The minimum Gasteiger partial charge on any atom is -0.330 e. The monoisotopic (exact) mass is 756 g/mol. The summed E-state index contributed by atoms with van der Waals surface area (Å²) in [6.45, 7) is 3.69. The van der Waals surface area contributed by atoms with Crippen LogP contribution in [-0.2, 0) is 28.8 Å². The molecule has 290 valence electrons. The average molecular weight is 757 g/mol. The summed E-state index contributed by atoms with van der Waals surface area (Å²) < 4.78 is 0. The molecule has 12 heteroatoms. The summed E-state index contributed by atoms with van der Waals surface area (Å²) in [5, 5.41) is 5.93. The van der Waals surface area contributed by atoms with Crippen LogP contribution in [0.15, 0.2) is 109 Å².